The fourth-order valence-corrected chi connectivity index (χ4v) is 3.35. The number of nitrogens with zero attached hydrogens (tertiary/aromatic N) is 2. The average molecular weight is 437 g/mol. The molecule has 0 aliphatic heterocycles. The quantitative estimate of drug-likeness (QED) is 0.394. The second kappa shape index (κ2) is 10.6. The first kappa shape index (κ1) is 23.0. The molecular formula is C24H28N4O4. The Hall–Kier alpha value is -3.68. The zero-order valence-electron chi connectivity index (χ0n) is 18.6. The van der Waals surface area contributed by atoms with Crippen molar-refractivity contribution < 1.29 is 19.1 Å². The molecule has 0 fully saturated rings. The van der Waals surface area contributed by atoms with Gasteiger partial charge >= 0.3 is 5.97 Å². The number of fused-ring (bicyclic) bond motifs is 1. The maximum absolute atomic E-state index is 12.6. The summed E-state index contributed by atoms with van der Waals surface area (Å²) in [5, 5.41) is 5.63. The van der Waals surface area contributed by atoms with E-state index in [9.17, 15) is 14.4 Å². The third kappa shape index (κ3) is 5.51. The van der Waals surface area contributed by atoms with Crippen LogP contribution < -0.4 is 10.6 Å². The number of carbonyl (C=O) groups excluding carboxylic acids is 3. The van der Waals surface area contributed by atoms with Crippen molar-refractivity contribution in [1.29, 1.82) is 0 Å². The van der Waals surface area contributed by atoms with E-state index in [4.69, 9.17) is 4.74 Å². The molecule has 0 aliphatic rings. The molecule has 3 rings (SSSR count). The first-order valence-electron chi connectivity index (χ1n) is 10.7. The Balaban J connectivity index is 1.49. The lowest BCUT2D eigenvalue weighted by atomic mass is 10.2. The number of hydrogen-bond acceptors (Lipinski definition) is 5. The number of nitrogens with one attached hydrogen (secondary N) is 2. The molecule has 0 bridgehead atoms. The Kier molecular flexibility index (Phi) is 7.59. The van der Waals surface area contributed by atoms with E-state index in [2.05, 4.69) is 15.6 Å². The molecular weight excluding hydrogens is 408 g/mol. The third-order valence-corrected chi connectivity index (χ3v) is 4.92. The molecule has 0 saturated carbocycles. The molecule has 2 heterocycles. The van der Waals surface area contributed by atoms with Crippen molar-refractivity contribution in [3.8, 4) is 0 Å². The Morgan fingerprint density at radius 1 is 1.12 bits per heavy atom. The largest absolute Gasteiger partial charge is 0.462 e. The van der Waals surface area contributed by atoms with Gasteiger partial charge in [0.05, 0.1) is 17.9 Å². The smallest absolute Gasteiger partial charge is 0.338 e. The van der Waals surface area contributed by atoms with Crippen LogP contribution in [0.15, 0.2) is 42.6 Å². The van der Waals surface area contributed by atoms with Crippen molar-refractivity contribution in [2.75, 3.05) is 18.5 Å². The van der Waals surface area contributed by atoms with Gasteiger partial charge in [-0.2, -0.15) is 0 Å². The third-order valence-electron chi connectivity index (χ3n) is 4.92. The van der Waals surface area contributed by atoms with Crippen LogP contribution >= 0.6 is 0 Å². The molecule has 168 valence electrons. The topological polar surface area (TPSA) is 102 Å². The molecule has 3 aromatic rings. The number of rotatable bonds is 9. The number of anilines is 1. The summed E-state index contributed by atoms with van der Waals surface area (Å²) in [6.45, 7) is 6.39. The highest BCUT2D eigenvalue weighted by Gasteiger charge is 2.17. The van der Waals surface area contributed by atoms with E-state index in [1.165, 1.54) is 0 Å². The lowest BCUT2D eigenvalue weighted by Crippen LogP contribution is -2.27. The van der Waals surface area contributed by atoms with Gasteiger partial charge in [0.1, 0.15) is 11.3 Å². The molecule has 2 N–H and O–H groups in total. The zero-order chi connectivity index (χ0) is 23.1. The predicted molar refractivity (Wildman–Crippen MR) is 122 cm³/mol. The van der Waals surface area contributed by atoms with Crippen LogP contribution in [-0.4, -0.2) is 40.3 Å². The molecule has 0 unspecified atom stereocenters. The number of aromatic nitrogens is 2. The molecule has 32 heavy (non-hydrogen) atoms. The van der Waals surface area contributed by atoms with E-state index >= 15 is 0 Å². The summed E-state index contributed by atoms with van der Waals surface area (Å²) in [6.07, 6.45) is 3.27. The highest BCUT2D eigenvalue weighted by Crippen LogP contribution is 2.15. The van der Waals surface area contributed by atoms with Crippen molar-refractivity contribution >= 4 is 29.1 Å². The molecule has 0 atom stereocenters. The molecule has 2 amide bonds. The van der Waals surface area contributed by atoms with Gasteiger partial charge in [-0.05, 0) is 56.5 Å². The maximum atomic E-state index is 12.6. The summed E-state index contributed by atoms with van der Waals surface area (Å²) in [7, 11) is 0. The van der Waals surface area contributed by atoms with Crippen LogP contribution in [0.2, 0.25) is 0 Å². The summed E-state index contributed by atoms with van der Waals surface area (Å²) in [4.78, 5) is 41.3. The van der Waals surface area contributed by atoms with Crippen LogP contribution in [0.4, 0.5) is 5.69 Å². The van der Waals surface area contributed by atoms with Crippen molar-refractivity contribution in [3.63, 3.8) is 0 Å². The summed E-state index contributed by atoms with van der Waals surface area (Å²) >= 11 is 0. The summed E-state index contributed by atoms with van der Waals surface area (Å²) in [6, 6.07) is 10.5. The number of amides is 2. The molecule has 8 heteroatoms. The standard InChI is InChI=1S/C24H28N4O4/c1-4-14-32-24(31)18-9-5-10-19(15-18)27-20(29)11-6-12-25-23(30)21-17(3)26-22-16(2)8-7-13-28(21)22/h5,7-10,13,15H,4,6,11-12,14H2,1-3H3,(H,25,30)(H,27,29). The van der Waals surface area contributed by atoms with Gasteiger partial charge in [-0.15, -0.1) is 0 Å². The van der Waals surface area contributed by atoms with E-state index in [0.29, 0.717) is 42.2 Å². The van der Waals surface area contributed by atoms with E-state index < -0.39 is 5.97 Å². The Labute approximate surface area is 187 Å². The van der Waals surface area contributed by atoms with Gasteiger partial charge in [-0.25, -0.2) is 9.78 Å². The van der Waals surface area contributed by atoms with Crippen LogP contribution in [0.25, 0.3) is 5.65 Å². The molecule has 0 aliphatic carbocycles. The Morgan fingerprint density at radius 3 is 2.72 bits per heavy atom. The van der Waals surface area contributed by atoms with E-state index in [1.807, 2.05) is 32.2 Å². The molecule has 1 aromatic carbocycles. The highest BCUT2D eigenvalue weighted by molar-refractivity contribution is 5.95. The van der Waals surface area contributed by atoms with Crippen molar-refractivity contribution in [2.45, 2.75) is 40.0 Å². The lowest BCUT2D eigenvalue weighted by Gasteiger charge is -2.09. The lowest BCUT2D eigenvalue weighted by molar-refractivity contribution is -0.116. The Morgan fingerprint density at radius 2 is 1.94 bits per heavy atom. The highest BCUT2D eigenvalue weighted by atomic mass is 16.5. The predicted octanol–water partition coefficient (Wildman–Crippen LogP) is 3.67. The monoisotopic (exact) mass is 436 g/mol. The number of esters is 1. The van der Waals surface area contributed by atoms with Gasteiger partial charge in [0.2, 0.25) is 5.91 Å². The van der Waals surface area contributed by atoms with Gasteiger partial charge < -0.3 is 15.4 Å². The van der Waals surface area contributed by atoms with Gasteiger partial charge in [0.25, 0.3) is 5.91 Å². The minimum Gasteiger partial charge on any atom is -0.462 e. The van der Waals surface area contributed by atoms with E-state index in [-0.39, 0.29) is 18.2 Å². The maximum Gasteiger partial charge on any atom is 0.338 e. The molecule has 0 radical (unpaired) electrons. The number of ether oxygens (including phenoxy) is 1. The van der Waals surface area contributed by atoms with E-state index in [1.54, 1.807) is 35.6 Å². The molecule has 0 spiro atoms. The zero-order valence-corrected chi connectivity index (χ0v) is 18.6. The van der Waals surface area contributed by atoms with E-state index in [0.717, 1.165) is 17.6 Å². The first-order valence-corrected chi connectivity index (χ1v) is 10.7. The first-order chi connectivity index (χ1) is 15.4. The van der Waals surface area contributed by atoms with Crippen LogP contribution in [0.3, 0.4) is 0 Å². The SMILES string of the molecule is CCCOC(=O)c1cccc(NC(=O)CCCNC(=O)c2c(C)nc3c(C)cccn23)c1. The molecule has 2 aromatic heterocycles. The van der Waals surface area contributed by atoms with Crippen molar-refractivity contribution in [2.24, 2.45) is 0 Å². The number of aryl methyl sites for hydroxylation is 2. The number of hydrogen-bond donors (Lipinski definition) is 2. The number of benzene rings is 1. The molecule has 0 saturated heterocycles. The van der Waals surface area contributed by atoms with Gasteiger partial charge in [0.15, 0.2) is 0 Å². The van der Waals surface area contributed by atoms with Crippen LogP contribution in [0.5, 0.6) is 0 Å². The van der Waals surface area contributed by atoms with Gasteiger partial charge in [-0.3, -0.25) is 14.0 Å². The Bertz CT molecular complexity index is 1140. The number of imidazole rings is 1. The van der Waals surface area contributed by atoms with Gasteiger partial charge in [0, 0.05) is 24.8 Å². The van der Waals surface area contributed by atoms with Crippen molar-refractivity contribution in [1.82, 2.24) is 14.7 Å². The minimum atomic E-state index is -0.413. The number of pyridine rings is 1. The summed E-state index contributed by atoms with van der Waals surface area (Å²) in [5.74, 6) is -0.831. The van der Waals surface area contributed by atoms with Gasteiger partial charge in [-0.1, -0.05) is 19.1 Å². The van der Waals surface area contributed by atoms with Crippen LogP contribution in [0.1, 0.15) is 58.3 Å². The molecule has 8 nitrogen and oxygen atoms in total. The minimum absolute atomic E-state index is 0.195. The summed E-state index contributed by atoms with van der Waals surface area (Å²) in [5.41, 5.74) is 3.83. The summed E-state index contributed by atoms with van der Waals surface area (Å²) < 4.78 is 6.90. The second-order valence-electron chi connectivity index (χ2n) is 7.55. The normalized spacial score (nSPS) is 10.7. The fourth-order valence-electron chi connectivity index (χ4n) is 3.35. The average Bonchev–Trinajstić information content (AvgIpc) is 3.12. The van der Waals surface area contributed by atoms with Crippen molar-refractivity contribution in [3.05, 3.63) is 65.1 Å². The van der Waals surface area contributed by atoms with Crippen LogP contribution in [0, 0.1) is 13.8 Å². The number of carbonyl (C=O) groups is 3. The fraction of sp³-hybridized carbons (Fsp3) is 0.333. The van der Waals surface area contributed by atoms with Crippen LogP contribution in [-0.2, 0) is 9.53 Å². The second-order valence-corrected chi connectivity index (χ2v) is 7.55.